The Hall–Kier alpha value is -8.76. The second-order valence-electron chi connectivity index (χ2n) is 16.6. The molecule has 0 saturated carbocycles. The fourth-order valence-electron chi connectivity index (χ4n) is 8.18. The Balaban J connectivity index is 0.824. The molecular weight excluding hydrogens is 910 g/mol. The molecule has 2 aromatic heterocycles. The van der Waals surface area contributed by atoms with Gasteiger partial charge in [-0.2, -0.15) is 18.5 Å². The van der Waals surface area contributed by atoms with Gasteiger partial charge in [0.15, 0.2) is 5.82 Å². The average molecular weight is 954 g/mol. The lowest BCUT2D eigenvalue weighted by atomic mass is 10.1. The number of halogens is 1. The Bertz CT molecular complexity index is 3510. The molecule has 0 bridgehead atoms. The summed E-state index contributed by atoms with van der Waals surface area (Å²) in [7, 11) is -2.46. The summed E-state index contributed by atoms with van der Waals surface area (Å²) in [5.41, 5.74) is 7.52. The van der Waals surface area contributed by atoms with Crippen LogP contribution in [-0.2, 0) is 53.1 Å². The highest BCUT2D eigenvalue weighted by molar-refractivity contribution is 7.92. The number of aryl methyl sites for hydroxylation is 1. The van der Waals surface area contributed by atoms with Crippen molar-refractivity contribution in [1.29, 1.82) is 0 Å². The lowest BCUT2D eigenvalue weighted by molar-refractivity contribution is -0.117. The smallest absolute Gasteiger partial charge is 0.326 e. The van der Waals surface area contributed by atoms with Crippen LogP contribution in [0.3, 0.4) is 0 Å². The number of carbonyl (C=O) groups excluding carboxylic acids is 2. The summed E-state index contributed by atoms with van der Waals surface area (Å²) in [5.74, 6) is -1.23. The number of aromatic nitrogens is 3. The predicted octanol–water partition coefficient (Wildman–Crippen LogP) is 9.77. The molecule has 10 rings (SSSR count). The second-order valence-corrected chi connectivity index (χ2v) is 18.2. The average Bonchev–Trinajstić information content (AvgIpc) is 3.84. The highest BCUT2D eigenvalue weighted by atomic mass is 32.2. The Morgan fingerprint density at radius 1 is 0.686 bits per heavy atom. The molecule has 1 aliphatic rings. The van der Waals surface area contributed by atoms with Crippen molar-refractivity contribution in [3.05, 3.63) is 198 Å². The van der Waals surface area contributed by atoms with Crippen LogP contribution < -0.4 is 33.9 Å². The van der Waals surface area contributed by atoms with Gasteiger partial charge in [-0.25, -0.2) is 13.4 Å². The molecular formula is C54H44FN7O7S. The van der Waals surface area contributed by atoms with Gasteiger partial charge in [-0.05, 0) is 88.3 Å². The first-order valence-electron chi connectivity index (χ1n) is 22.3. The second kappa shape index (κ2) is 19.5. The summed E-state index contributed by atoms with van der Waals surface area (Å²) in [6.45, 7) is 0.0820. The number of carbonyl (C=O) groups is 2. The van der Waals surface area contributed by atoms with E-state index in [4.69, 9.17) is 24.3 Å². The van der Waals surface area contributed by atoms with Crippen molar-refractivity contribution >= 4 is 66.4 Å². The maximum absolute atomic E-state index is 16.3. The van der Waals surface area contributed by atoms with Crippen molar-refractivity contribution in [1.82, 2.24) is 19.5 Å². The van der Waals surface area contributed by atoms with Crippen LogP contribution >= 0.6 is 0 Å². The first kappa shape index (κ1) is 45.0. The van der Waals surface area contributed by atoms with E-state index in [0.29, 0.717) is 46.0 Å². The molecule has 0 atom stereocenters. The molecule has 0 spiro atoms. The van der Waals surface area contributed by atoms with Gasteiger partial charge in [-0.3, -0.25) is 14.3 Å². The molecule has 1 fully saturated rings. The molecule has 7 aromatic carbocycles. The van der Waals surface area contributed by atoms with Gasteiger partial charge in [0.1, 0.15) is 43.5 Å². The number of pyridine rings is 1. The Morgan fingerprint density at radius 2 is 1.30 bits per heavy atom. The number of amides is 2. The van der Waals surface area contributed by atoms with E-state index in [1.165, 1.54) is 18.2 Å². The minimum Gasteiger partial charge on any atom is -0.487 e. The summed E-state index contributed by atoms with van der Waals surface area (Å²) in [5, 5.41) is 12.6. The van der Waals surface area contributed by atoms with E-state index >= 15 is 4.39 Å². The van der Waals surface area contributed by atoms with Crippen molar-refractivity contribution < 1.29 is 36.6 Å². The first-order valence-corrected chi connectivity index (χ1v) is 23.7. The van der Waals surface area contributed by atoms with Gasteiger partial charge in [-0.15, -0.1) is 0 Å². The molecule has 16 heteroatoms. The van der Waals surface area contributed by atoms with Crippen LogP contribution in [0.5, 0.6) is 17.5 Å². The van der Waals surface area contributed by atoms with Gasteiger partial charge in [0.2, 0.25) is 17.7 Å². The van der Waals surface area contributed by atoms with Gasteiger partial charge in [0.05, 0.1) is 17.5 Å². The molecule has 1 saturated heterocycles. The molecule has 14 nitrogen and oxygen atoms in total. The van der Waals surface area contributed by atoms with Crippen LogP contribution in [0.25, 0.3) is 32.9 Å². The van der Waals surface area contributed by atoms with Gasteiger partial charge >= 0.3 is 10.2 Å². The van der Waals surface area contributed by atoms with E-state index in [-0.39, 0.29) is 35.8 Å². The minimum absolute atomic E-state index is 0.00722. The van der Waals surface area contributed by atoms with Gasteiger partial charge in [-0.1, -0.05) is 103 Å². The Kier molecular flexibility index (Phi) is 12.5. The number of anilines is 4. The third-order valence-corrected chi connectivity index (χ3v) is 13.0. The third kappa shape index (κ3) is 9.93. The first-order chi connectivity index (χ1) is 34.0. The Labute approximate surface area is 402 Å². The zero-order chi connectivity index (χ0) is 48.2. The highest BCUT2D eigenvalue weighted by Gasteiger charge is 2.38. The SMILES string of the molecule is Cn1nc(-c2ccc(OCc3ccccc3)nc2OCc2ccccc2)c2ccc(Nc3ccc(CC(=O)Nc4ccc5c(F)c(N6CC(=O)NS6(=O)=O)c(OCc6ccccc6)cc5c4)cc3)cc21. The minimum atomic E-state index is -4.35. The van der Waals surface area contributed by atoms with E-state index in [1.807, 2.05) is 162 Å². The summed E-state index contributed by atoms with van der Waals surface area (Å²) in [6, 6.07) is 52.2. The highest BCUT2D eigenvalue weighted by Crippen LogP contribution is 2.41. The predicted molar refractivity (Wildman–Crippen MR) is 267 cm³/mol. The largest absolute Gasteiger partial charge is 0.487 e. The summed E-state index contributed by atoms with van der Waals surface area (Å²) in [4.78, 5) is 30.2. The lowest BCUT2D eigenvalue weighted by Gasteiger charge is -2.21. The monoisotopic (exact) mass is 953 g/mol. The van der Waals surface area contributed by atoms with Gasteiger partial charge < -0.3 is 24.8 Å². The fourth-order valence-corrected chi connectivity index (χ4v) is 9.34. The molecule has 0 unspecified atom stereocenters. The van der Waals surface area contributed by atoms with Crippen molar-refractivity contribution in [2.75, 3.05) is 21.5 Å². The van der Waals surface area contributed by atoms with Gasteiger partial charge in [0, 0.05) is 40.9 Å². The number of ether oxygens (including phenoxy) is 3. The van der Waals surface area contributed by atoms with Crippen LogP contribution in [0.4, 0.5) is 27.1 Å². The molecule has 0 radical (unpaired) electrons. The maximum atomic E-state index is 16.3. The van der Waals surface area contributed by atoms with Crippen molar-refractivity contribution in [2.45, 2.75) is 26.2 Å². The number of rotatable bonds is 16. The topological polar surface area (TPSA) is 166 Å². The van der Waals surface area contributed by atoms with E-state index in [0.717, 1.165) is 50.1 Å². The zero-order valence-electron chi connectivity index (χ0n) is 37.6. The van der Waals surface area contributed by atoms with Crippen LogP contribution in [-0.4, -0.2) is 41.5 Å². The molecule has 1 aliphatic heterocycles. The lowest BCUT2D eigenvalue weighted by Crippen LogP contribution is -2.30. The molecule has 2 amide bonds. The number of nitrogens with one attached hydrogen (secondary N) is 3. The van der Waals surface area contributed by atoms with Crippen LogP contribution in [0.15, 0.2) is 170 Å². The van der Waals surface area contributed by atoms with Crippen LogP contribution in [0, 0.1) is 5.82 Å². The zero-order valence-corrected chi connectivity index (χ0v) is 38.5. The Morgan fingerprint density at radius 3 is 1.96 bits per heavy atom. The van der Waals surface area contributed by atoms with Crippen LogP contribution in [0.2, 0.25) is 0 Å². The molecule has 0 aliphatic carbocycles. The molecule has 3 heterocycles. The van der Waals surface area contributed by atoms with Crippen molar-refractivity contribution in [3.63, 3.8) is 0 Å². The fraction of sp³-hybridized carbons (Fsp3) is 0.111. The van der Waals surface area contributed by atoms with Gasteiger partial charge in [0.25, 0.3) is 5.91 Å². The maximum Gasteiger partial charge on any atom is 0.326 e. The number of hydrogen-bond acceptors (Lipinski definition) is 10. The normalized spacial score (nSPS) is 13.0. The van der Waals surface area contributed by atoms with E-state index in [9.17, 15) is 18.0 Å². The summed E-state index contributed by atoms with van der Waals surface area (Å²) in [6.07, 6.45) is 0.0562. The van der Waals surface area contributed by atoms with Crippen LogP contribution in [0.1, 0.15) is 22.3 Å². The van der Waals surface area contributed by atoms with E-state index < -0.39 is 28.5 Å². The molecule has 70 heavy (non-hydrogen) atoms. The van der Waals surface area contributed by atoms with E-state index in [1.54, 1.807) is 6.07 Å². The number of fused-ring (bicyclic) bond motifs is 2. The number of nitrogens with zero attached hydrogens (tertiary/aromatic N) is 4. The number of hydrogen-bond donors (Lipinski definition) is 3. The third-order valence-electron chi connectivity index (χ3n) is 11.6. The molecule has 9 aromatic rings. The standard InChI is InChI=1S/C54H44FN7O7S/c1-61-46-30-42(22-24-44(46)52(59-61)45-25-26-50(68-33-37-13-7-3-8-14-37)58-54(45)69-34-38-15-9-4-10-16-38)56-40-19-17-35(18-20-40)27-48(63)57-41-21-23-43-39(28-41)29-47(67-32-36-11-5-2-6-12-36)53(51(43)55)62-31-49(64)60-70(62,65)66/h2-26,28-30,56H,27,31-34H2,1H3,(H,57,63)(H,60,64). The van der Waals surface area contributed by atoms with E-state index in [2.05, 4.69) is 10.6 Å². The quantitative estimate of drug-likeness (QED) is 0.0849. The summed E-state index contributed by atoms with van der Waals surface area (Å²) >= 11 is 0. The molecule has 3 N–H and O–H groups in total. The summed E-state index contributed by atoms with van der Waals surface area (Å²) < 4.78 is 64.7. The molecule has 350 valence electrons. The number of benzene rings is 7. The van der Waals surface area contributed by atoms with Crippen molar-refractivity contribution in [2.24, 2.45) is 7.05 Å². The van der Waals surface area contributed by atoms with Crippen molar-refractivity contribution in [3.8, 4) is 28.8 Å².